The summed E-state index contributed by atoms with van der Waals surface area (Å²) in [6, 6.07) is 14.9. The number of ether oxygens (including phenoxy) is 1. The van der Waals surface area contributed by atoms with Gasteiger partial charge in [0.15, 0.2) is 0 Å². The normalized spacial score (nSPS) is 17.2. The van der Waals surface area contributed by atoms with Crippen LogP contribution in [0.15, 0.2) is 47.4 Å². The predicted molar refractivity (Wildman–Crippen MR) is 111 cm³/mol. The zero-order chi connectivity index (χ0) is 18.2. The maximum Gasteiger partial charge on any atom is 0.298 e. The zero-order valence-corrected chi connectivity index (χ0v) is 16.1. The maximum atomic E-state index is 10.8. The van der Waals surface area contributed by atoms with Crippen LogP contribution in [-0.4, -0.2) is 16.8 Å². The summed E-state index contributed by atoms with van der Waals surface area (Å²) < 4.78 is 7.63. The van der Waals surface area contributed by atoms with Crippen molar-refractivity contribution in [1.82, 2.24) is 4.57 Å². The Kier molecular flexibility index (Phi) is 4.44. The van der Waals surface area contributed by atoms with Gasteiger partial charge in [-0.3, -0.25) is 4.79 Å². The largest absolute Gasteiger partial charge is 0.429 e. The molecule has 0 spiro atoms. The highest BCUT2D eigenvalue weighted by Crippen LogP contribution is 2.47. The summed E-state index contributed by atoms with van der Waals surface area (Å²) >= 11 is 1.94. The number of aryl methyl sites for hydroxylation is 1. The van der Waals surface area contributed by atoms with Crippen LogP contribution in [0.25, 0.3) is 22.2 Å². The molecule has 1 aliphatic carbocycles. The van der Waals surface area contributed by atoms with Crippen molar-refractivity contribution in [3.05, 3.63) is 48.0 Å². The van der Waals surface area contributed by atoms with Gasteiger partial charge >= 0.3 is 0 Å². The third-order valence-corrected chi connectivity index (χ3v) is 7.04. The Bertz CT molecular complexity index is 1000. The number of hydrogen-bond donors (Lipinski definition) is 0. The van der Waals surface area contributed by atoms with Gasteiger partial charge in [0.1, 0.15) is 5.75 Å². The summed E-state index contributed by atoms with van der Waals surface area (Å²) in [5, 5.41) is 1.33. The second kappa shape index (κ2) is 7.08. The molecule has 0 N–H and O–H groups in total. The number of benzene rings is 2. The smallest absolute Gasteiger partial charge is 0.298 e. The predicted octanol–water partition coefficient (Wildman–Crippen LogP) is 6.00. The first-order chi connectivity index (χ1) is 13.4. The van der Waals surface area contributed by atoms with Gasteiger partial charge in [0.2, 0.25) is 0 Å². The molecule has 4 heteroatoms. The molecule has 5 rings (SSSR count). The number of nitrogens with zero attached hydrogens (tertiary/aromatic N) is 1. The lowest BCUT2D eigenvalue weighted by molar-refractivity contribution is -0.120. The van der Waals surface area contributed by atoms with Crippen LogP contribution < -0.4 is 4.74 Å². The van der Waals surface area contributed by atoms with Gasteiger partial charge in [-0.25, -0.2) is 0 Å². The van der Waals surface area contributed by atoms with Gasteiger partial charge in [0.05, 0.1) is 11.2 Å². The van der Waals surface area contributed by atoms with Crippen molar-refractivity contribution in [3.8, 4) is 17.0 Å². The topological polar surface area (TPSA) is 31.2 Å². The summed E-state index contributed by atoms with van der Waals surface area (Å²) in [6.45, 7) is 1.49. The minimum Gasteiger partial charge on any atom is -0.429 e. The molecule has 0 bridgehead atoms. The van der Waals surface area contributed by atoms with Gasteiger partial charge in [-0.15, -0.1) is 11.8 Å². The van der Waals surface area contributed by atoms with Crippen molar-refractivity contribution in [1.29, 1.82) is 0 Å². The second-order valence-electron chi connectivity index (χ2n) is 7.49. The Morgan fingerprint density at radius 2 is 1.93 bits per heavy atom. The highest BCUT2D eigenvalue weighted by molar-refractivity contribution is 7.99. The van der Waals surface area contributed by atoms with Crippen LogP contribution >= 0.6 is 11.8 Å². The van der Waals surface area contributed by atoms with Crippen LogP contribution in [0.3, 0.4) is 0 Å². The van der Waals surface area contributed by atoms with Crippen LogP contribution in [-0.2, 0) is 11.3 Å². The monoisotopic (exact) mass is 377 g/mol. The fourth-order valence-corrected chi connectivity index (χ4v) is 5.84. The first-order valence-electron chi connectivity index (χ1n) is 9.85. The van der Waals surface area contributed by atoms with Crippen LogP contribution in [0.5, 0.6) is 5.75 Å². The van der Waals surface area contributed by atoms with E-state index in [-0.39, 0.29) is 0 Å². The molecule has 0 saturated heterocycles. The van der Waals surface area contributed by atoms with E-state index < -0.39 is 0 Å². The molecular formula is C23H23NO2S. The molecule has 3 aromatic rings. The van der Waals surface area contributed by atoms with Gasteiger partial charge in [0, 0.05) is 34.2 Å². The van der Waals surface area contributed by atoms with E-state index in [2.05, 4.69) is 34.9 Å². The van der Waals surface area contributed by atoms with Crippen molar-refractivity contribution in [2.24, 2.45) is 0 Å². The average molecular weight is 378 g/mol. The molecular weight excluding hydrogens is 354 g/mol. The fraction of sp³-hybridized carbons (Fsp3) is 0.348. The lowest BCUT2D eigenvalue weighted by atomic mass is 9.82. The number of thioether (sulfide) groups is 1. The molecule has 0 radical (unpaired) electrons. The Morgan fingerprint density at radius 3 is 2.78 bits per heavy atom. The Morgan fingerprint density at radius 1 is 1.07 bits per heavy atom. The number of hydrogen-bond acceptors (Lipinski definition) is 3. The van der Waals surface area contributed by atoms with Crippen LogP contribution in [0, 0.1) is 0 Å². The van der Waals surface area contributed by atoms with E-state index in [1.54, 1.807) is 0 Å². The molecule has 0 amide bonds. The standard InChI is InChI=1S/C23H23NO2S/c25-15-26-17-10-11-18-20(14-17)24-12-13-27-21-9-5-4-8-19(21)23(24)22(18)16-6-2-1-3-7-16/h4-5,8-11,14-16H,1-3,6-7,12-13H2. The fourth-order valence-electron chi connectivity index (χ4n) is 4.85. The minimum atomic E-state index is 0.515. The van der Waals surface area contributed by atoms with E-state index in [4.69, 9.17) is 4.74 Å². The van der Waals surface area contributed by atoms with Gasteiger partial charge in [-0.2, -0.15) is 0 Å². The van der Waals surface area contributed by atoms with Crippen molar-refractivity contribution in [2.75, 3.05) is 5.75 Å². The molecule has 138 valence electrons. The third kappa shape index (κ3) is 2.87. The third-order valence-electron chi connectivity index (χ3n) is 5.99. The maximum absolute atomic E-state index is 10.8. The average Bonchev–Trinajstić information content (AvgIpc) is 2.90. The Balaban J connectivity index is 1.81. The van der Waals surface area contributed by atoms with E-state index in [0.717, 1.165) is 12.3 Å². The summed E-state index contributed by atoms with van der Waals surface area (Å²) in [5.41, 5.74) is 5.45. The Labute approximate surface area is 163 Å². The van der Waals surface area contributed by atoms with E-state index in [1.807, 2.05) is 23.9 Å². The zero-order valence-electron chi connectivity index (χ0n) is 15.3. The number of carbonyl (C=O) groups excluding carboxylic acids is 1. The molecule has 0 unspecified atom stereocenters. The quantitative estimate of drug-likeness (QED) is 0.525. The summed E-state index contributed by atoms with van der Waals surface area (Å²) in [6.07, 6.45) is 6.54. The number of fused-ring (bicyclic) bond motifs is 5. The lowest BCUT2D eigenvalue weighted by Crippen LogP contribution is -2.07. The molecule has 2 aromatic carbocycles. The van der Waals surface area contributed by atoms with Crippen LogP contribution in [0.2, 0.25) is 0 Å². The van der Waals surface area contributed by atoms with E-state index in [0.29, 0.717) is 18.1 Å². The second-order valence-corrected chi connectivity index (χ2v) is 8.62. The molecule has 0 atom stereocenters. The van der Waals surface area contributed by atoms with Crippen LogP contribution in [0.4, 0.5) is 0 Å². The summed E-state index contributed by atoms with van der Waals surface area (Å²) in [4.78, 5) is 12.2. The molecule has 1 fully saturated rings. The van der Waals surface area contributed by atoms with E-state index in [9.17, 15) is 4.79 Å². The lowest BCUT2D eigenvalue weighted by Gasteiger charge is -2.23. The molecule has 1 aliphatic heterocycles. The van der Waals surface area contributed by atoms with Gasteiger partial charge in [-0.05, 0) is 42.5 Å². The van der Waals surface area contributed by atoms with Crippen molar-refractivity contribution in [2.45, 2.75) is 49.5 Å². The molecule has 2 heterocycles. The first kappa shape index (κ1) is 16.9. The molecule has 1 aromatic heterocycles. The van der Waals surface area contributed by atoms with Crippen molar-refractivity contribution in [3.63, 3.8) is 0 Å². The number of aromatic nitrogens is 1. The first-order valence-corrected chi connectivity index (χ1v) is 10.8. The minimum absolute atomic E-state index is 0.515. The van der Waals surface area contributed by atoms with Crippen molar-refractivity contribution < 1.29 is 9.53 Å². The van der Waals surface area contributed by atoms with Gasteiger partial charge < -0.3 is 9.30 Å². The molecule has 2 aliphatic rings. The van der Waals surface area contributed by atoms with Crippen LogP contribution in [0.1, 0.15) is 43.6 Å². The van der Waals surface area contributed by atoms with E-state index >= 15 is 0 Å². The van der Waals surface area contributed by atoms with Gasteiger partial charge in [-0.1, -0.05) is 37.5 Å². The SMILES string of the molecule is O=COc1ccc2c(C3CCCCC3)c3n(c2c1)CCSc1ccccc1-3. The summed E-state index contributed by atoms with van der Waals surface area (Å²) in [5.74, 6) is 2.29. The van der Waals surface area contributed by atoms with Gasteiger partial charge in [0.25, 0.3) is 6.47 Å². The van der Waals surface area contributed by atoms with E-state index in [1.165, 1.54) is 64.7 Å². The number of rotatable bonds is 3. The van der Waals surface area contributed by atoms with Crippen molar-refractivity contribution >= 4 is 29.1 Å². The highest BCUT2D eigenvalue weighted by atomic mass is 32.2. The molecule has 1 saturated carbocycles. The summed E-state index contributed by atoms with van der Waals surface area (Å²) in [7, 11) is 0. The Hall–Kier alpha value is -2.20. The molecule has 27 heavy (non-hydrogen) atoms. The number of carbonyl (C=O) groups is 1. The highest BCUT2D eigenvalue weighted by Gasteiger charge is 2.28. The molecule has 3 nitrogen and oxygen atoms in total.